The summed E-state index contributed by atoms with van der Waals surface area (Å²) in [5, 5.41) is 19.8. The highest BCUT2D eigenvalue weighted by atomic mass is 35.5. The van der Waals surface area contributed by atoms with Gasteiger partial charge in [0.05, 0.1) is 38.6 Å². The number of aryl methyl sites for hydroxylation is 1. The summed E-state index contributed by atoms with van der Waals surface area (Å²) in [6.45, 7) is 1.79. The third kappa shape index (κ3) is 4.83. The molecule has 2 atom stereocenters. The molecule has 0 bridgehead atoms. The Morgan fingerprint density at radius 1 is 1.03 bits per heavy atom. The van der Waals surface area contributed by atoms with Crippen LogP contribution in [0.1, 0.15) is 28.2 Å². The first-order chi connectivity index (χ1) is 17.7. The van der Waals surface area contributed by atoms with Crippen molar-refractivity contribution >= 4 is 35.0 Å². The molecular formula is C27H26ClN3O6. The van der Waals surface area contributed by atoms with E-state index in [2.05, 4.69) is 15.8 Å². The molecule has 10 heteroatoms. The van der Waals surface area contributed by atoms with Gasteiger partial charge >= 0.3 is 6.09 Å². The molecule has 0 saturated heterocycles. The monoisotopic (exact) mass is 523 g/mol. The molecule has 9 nitrogen and oxygen atoms in total. The number of halogens is 1. The van der Waals surface area contributed by atoms with Crippen LogP contribution in [0, 0.1) is 6.92 Å². The van der Waals surface area contributed by atoms with Crippen LogP contribution in [0.25, 0.3) is 0 Å². The number of fused-ring (bicyclic) bond motifs is 1. The maximum atomic E-state index is 13.6. The lowest BCUT2D eigenvalue weighted by atomic mass is 9.73. The highest BCUT2D eigenvalue weighted by Crippen LogP contribution is 2.49. The average molecular weight is 524 g/mol. The maximum Gasteiger partial charge on any atom is 0.427 e. The molecule has 1 heterocycles. The minimum absolute atomic E-state index is 0.196. The summed E-state index contributed by atoms with van der Waals surface area (Å²) in [5.41, 5.74) is 2.89. The Morgan fingerprint density at radius 3 is 2.19 bits per heavy atom. The summed E-state index contributed by atoms with van der Waals surface area (Å²) in [6, 6.07) is 17.0. The Hall–Kier alpha value is -4.08. The molecule has 0 spiro atoms. The quantitative estimate of drug-likeness (QED) is 0.313. The number of amides is 2. The van der Waals surface area contributed by atoms with Gasteiger partial charge in [0, 0.05) is 10.6 Å². The molecule has 3 N–H and O–H groups in total. The molecule has 1 aliphatic heterocycles. The number of nitrogens with zero attached hydrogens (tertiary/aromatic N) is 1. The van der Waals surface area contributed by atoms with E-state index >= 15 is 0 Å². The molecule has 0 unspecified atom stereocenters. The van der Waals surface area contributed by atoms with Crippen LogP contribution >= 0.6 is 11.6 Å². The fourth-order valence-corrected chi connectivity index (χ4v) is 4.70. The number of rotatable bonds is 7. The van der Waals surface area contributed by atoms with E-state index in [1.165, 1.54) is 21.3 Å². The number of carbonyl (C=O) groups excluding carboxylic acids is 2. The molecule has 1 aliphatic rings. The molecule has 192 valence electrons. The van der Waals surface area contributed by atoms with Crippen molar-refractivity contribution in [1.82, 2.24) is 5.43 Å². The Balaban J connectivity index is 2.00. The number of anilines is 1. The first kappa shape index (κ1) is 26.0. The Kier molecular flexibility index (Phi) is 7.37. The number of hydrazone groups is 1. The Morgan fingerprint density at radius 2 is 1.62 bits per heavy atom. The van der Waals surface area contributed by atoms with Crippen molar-refractivity contribution in [3.8, 4) is 11.5 Å². The summed E-state index contributed by atoms with van der Waals surface area (Å²) >= 11 is 6.36. The van der Waals surface area contributed by atoms with E-state index in [0.29, 0.717) is 44.5 Å². The molecule has 0 aromatic heterocycles. The lowest BCUT2D eigenvalue weighted by Gasteiger charge is -2.33. The number of carbonyl (C=O) groups is 2. The number of nitrogens with one attached hydrogen (secondary N) is 2. The summed E-state index contributed by atoms with van der Waals surface area (Å²) in [7, 11) is 4.28. The number of methoxy groups -OCH3 is 3. The van der Waals surface area contributed by atoms with Gasteiger partial charge in [-0.05, 0) is 72.1 Å². The number of hydrogen-bond donors (Lipinski definition) is 3. The van der Waals surface area contributed by atoms with Crippen LogP contribution in [-0.2, 0) is 15.1 Å². The second-order valence-electron chi connectivity index (χ2n) is 8.40. The molecule has 0 saturated carbocycles. The van der Waals surface area contributed by atoms with Crippen molar-refractivity contribution in [2.24, 2.45) is 5.10 Å². The van der Waals surface area contributed by atoms with E-state index in [-0.39, 0.29) is 5.71 Å². The SMILES string of the molecule is COC(=O)N/N=C(/c1ccc(OC)cc1)[C@@H](c1ccc(OC)cc1)[C@]1(O)C(=O)Nc2c(C)cc(Cl)cc21. The zero-order valence-electron chi connectivity index (χ0n) is 20.7. The lowest BCUT2D eigenvalue weighted by Crippen LogP contribution is -2.44. The third-order valence-corrected chi connectivity index (χ3v) is 6.49. The molecule has 0 radical (unpaired) electrons. The molecule has 4 rings (SSSR count). The van der Waals surface area contributed by atoms with Crippen molar-refractivity contribution in [2.75, 3.05) is 26.6 Å². The Labute approximate surface area is 219 Å². The van der Waals surface area contributed by atoms with Crippen molar-refractivity contribution in [3.05, 3.63) is 87.9 Å². The first-order valence-corrected chi connectivity index (χ1v) is 11.6. The highest BCUT2D eigenvalue weighted by Gasteiger charge is 2.54. The van der Waals surface area contributed by atoms with Crippen molar-refractivity contribution in [1.29, 1.82) is 0 Å². The second kappa shape index (κ2) is 10.5. The summed E-state index contributed by atoms with van der Waals surface area (Å²) in [5.74, 6) is -0.577. The number of hydrogen-bond acceptors (Lipinski definition) is 7. The minimum atomic E-state index is -2.14. The van der Waals surface area contributed by atoms with Crippen LogP contribution in [0.15, 0.2) is 65.8 Å². The van der Waals surface area contributed by atoms with Gasteiger partial charge in [-0.3, -0.25) is 4.79 Å². The van der Waals surface area contributed by atoms with Crippen molar-refractivity contribution in [2.45, 2.75) is 18.4 Å². The standard InChI is InChI=1S/C27H26ClN3O6/c1-15-13-18(28)14-21-23(15)29-25(32)27(21,34)22(16-5-9-19(35-2)10-6-16)24(30-31-26(33)37-4)17-7-11-20(36-3)12-8-17/h5-14,22,34H,1-4H3,(H,29,32)(H,31,33)/b30-24-/t22-,27+/m1/s1. The van der Waals surface area contributed by atoms with Crippen molar-refractivity contribution in [3.63, 3.8) is 0 Å². The van der Waals surface area contributed by atoms with E-state index in [9.17, 15) is 14.7 Å². The third-order valence-electron chi connectivity index (χ3n) is 6.27. The van der Waals surface area contributed by atoms with Gasteiger partial charge in [0.15, 0.2) is 5.60 Å². The largest absolute Gasteiger partial charge is 0.497 e. The number of ether oxygens (including phenoxy) is 3. The van der Waals surface area contributed by atoms with Gasteiger partial charge in [-0.25, -0.2) is 10.2 Å². The fraction of sp³-hybridized carbons (Fsp3) is 0.222. The topological polar surface area (TPSA) is 118 Å². The fourth-order valence-electron chi connectivity index (χ4n) is 4.43. The molecule has 37 heavy (non-hydrogen) atoms. The lowest BCUT2D eigenvalue weighted by molar-refractivity contribution is -0.134. The van der Waals surface area contributed by atoms with Crippen LogP contribution in [0.5, 0.6) is 11.5 Å². The van der Waals surface area contributed by atoms with Crippen LogP contribution in [0.4, 0.5) is 10.5 Å². The summed E-state index contributed by atoms with van der Waals surface area (Å²) in [6.07, 6.45) is -0.818. The predicted molar refractivity (Wildman–Crippen MR) is 140 cm³/mol. The highest BCUT2D eigenvalue weighted by molar-refractivity contribution is 6.31. The van der Waals surface area contributed by atoms with E-state index in [4.69, 9.17) is 25.8 Å². The average Bonchev–Trinajstić information content (AvgIpc) is 3.17. The molecule has 0 fully saturated rings. The molecule has 3 aromatic rings. The smallest absolute Gasteiger partial charge is 0.427 e. The van der Waals surface area contributed by atoms with E-state index in [0.717, 1.165) is 0 Å². The minimum Gasteiger partial charge on any atom is -0.497 e. The van der Waals surface area contributed by atoms with Gasteiger partial charge in [-0.2, -0.15) is 5.10 Å². The van der Waals surface area contributed by atoms with Gasteiger partial charge in [0.1, 0.15) is 11.5 Å². The van der Waals surface area contributed by atoms with E-state index < -0.39 is 23.5 Å². The molecule has 0 aliphatic carbocycles. The van der Waals surface area contributed by atoms with Gasteiger partial charge in [0.25, 0.3) is 5.91 Å². The van der Waals surface area contributed by atoms with Gasteiger partial charge < -0.3 is 24.6 Å². The van der Waals surface area contributed by atoms with E-state index in [1.807, 2.05) is 0 Å². The van der Waals surface area contributed by atoms with E-state index in [1.54, 1.807) is 67.6 Å². The number of aliphatic hydroxyl groups is 1. The van der Waals surface area contributed by atoms with Crippen LogP contribution in [-0.4, -0.2) is 44.1 Å². The van der Waals surface area contributed by atoms with Gasteiger partial charge in [-0.1, -0.05) is 23.7 Å². The normalized spacial score (nSPS) is 17.5. The summed E-state index contributed by atoms with van der Waals surface area (Å²) < 4.78 is 15.3. The maximum absolute atomic E-state index is 13.6. The second-order valence-corrected chi connectivity index (χ2v) is 8.84. The zero-order chi connectivity index (χ0) is 26.7. The summed E-state index contributed by atoms with van der Waals surface area (Å²) in [4.78, 5) is 25.6. The zero-order valence-corrected chi connectivity index (χ0v) is 21.4. The molecular weight excluding hydrogens is 498 g/mol. The molecule has 2 amide bonds. The Bertz CT molecular complexity index is 1360. The van der Waals surface area contributed by atoms with Gasteiger partial charge in [0.2, 0.25) is 0 Å². The predicted octanol–water partition coefficient (Wildman–Crippen LogP) is 4.35. The first-order valence-electron chi connectivity index (χ1n) is 11.3. The van der Waals surface area contributed by atoms with Gasteiger partial charge in [-0.15, -0.1) is 0 Å². The van der Waals surface area contributed by atoms with Crippen LogP contribution < -0.4 is 20.2 Å². The van der Waals surface area contributed by atoms with Crippen LogP contribution in [0.2, 0.25) is 5.02 Å². The molecule has 3 aromatic carbocycles. The van der Waals surface area contributed by atoms with Crippen LogP contribution in [0.3, 0.4) is 0 Å². The number of benzene rings is 3. The van der Waals surface area contributed by atoms with Crippen molar-refractivity contribution < 1.29 is 28.9 Å².